The van der Waals surface area contributed by atoms with Crippen LogP contribution in [-0.4, -0.2) is 127 Å². The Morgan fingerprint density at radius 2 is 0.792 bits per heavy atom. The Kier molecular flexibility index (Phi) is 28.2. The number of anilines is 2. The molecule has 0 bridgehead atoms. The van der Waals surface area contributed by atoms with Crippen molar-refractivity contribution in [2.75, 3.05) is 17.3 Å². The lowest BCUT2D eigenvalue weighted by Gasteiger charge is -2.27. The highest BCUT2D eigenvalue weighted by Gasteiger charge is 2.67. The molecule has 0 spiro atoms. The molecule has 2 heterocycles. The second-order valence-corrected chi connectivity index (χ2v) is 22.5. The van der Waals surface area contributed by atoms with Gasteiger partial charge in [-0.25, -0.2) is 4.39 Å². The van der Waals surface area contributed by atoms with Crippen LogP contribution in [0.4, 0.5) is 94.8 Å². The third kappa shape index (κ3) is 19.1. The fourth-order valence-electron chi connectivity index (χ4n) is 8.88. The third-order valence-corrected chi connectivity index (χ3v) is 15.2. The highest BCUT2D eigenvalue weighted by molar-refractivity contribution is 6.30. The minimum absolute atomic E-state index is 0.0117. The normalized spacial score (nSPS) is 18.3. The van der Waals surface area contributed by atoms with E-state index in [1.165, 1.54) is 92.8 Å². The molecule has 7 amide bonds. The molecule has 7 aromatic carbocycles. The molecule has 0 fully saturated rings. The second kappa shape index (κ2) is 33.3. The number of nitrogens with one attached hydrogen (secondary N) is 1. The van der Waals surface area contributed by atoms with Crippen molar-refractivity contribution in [3.8, 4) is 0 Å². The number of likely N-dealkylation sites (N-methyl/N-ethyl adjacent to an activating group) is 1. The fourth-order valence-corrected chi connectivity index (χ4v) is 9.01. The van der Waals surface area contributed by atoms with Gasteiger partial charge in [0.1, 0.15) is 5.82 Å². The molecule has 2 aliphatic rings. The molecule has 7 aromatic rings. The zero-order valence-electron chi connectivity index (χ0n) is 53.5. The van der Waals surface area contributed by atoms with Gasteiger partial charge in [-0.3, -0.25) is 33.6 Å². The Labute approximate surface area is 588 Å². The number of aliphatic hydroxyl groups is 7. The Balaban J connectivity index is 0.000000321. The number of benzene rings is 7. The number of nitrogens with two attached hydrogens (primary N) is 5. The number of halogens is 20. The Hall–Kier alpha value is -10.5. The molecule has 0 saturated heterocycles. The molecule has 21 nitrogen and oxygen atoms in total. The molecule has 576 valence electrons. The van der Waals surface area contributed by atoms with Crippen LogP contribution in [0.3, 0.4) is 0 Å². The lowest BCUT2D eigenvalue weighted by atomic mass is 9.92. The average Bonchev–Trinajstić information content (AvgIpc) is 1.57. The van der Waals surface area contributed by atoms with Crippen molar-refractivity contribution >= 4 is 64.3 Å². The molecular weight excluding hydrogens is 1500 g/mol. The summed E-state index contributed by atoms with van der Waals surface area (Å²) < 4.78 is 239. The van der Waals surface area contributed by atoms with Gasteiger partial charge < -0.3 is 74.6 Å². The largest absolute Gasteiger partial charge is 0.430 e. The molecule has 41 heteroatoms. The molecule has 2 aliphatic heterocycles. The van der Waals surface area contributed by atoms with Gasteiger partial charge in [-0.1, -0.05) is 163 Å². The number of amides is 7. The predicted octanol–water partition coefficient (Wildman–Crippen LogP) is 7.75. The number of primary amides is 5. The molecule has 9 rings (SSSR count). The number of hydrogen-bond acceptors (Lipinski definition) is 14. The zero-order chi connectivity index (χ0) is 81.8. The van der Waals surface area contributed by atoms with E-state index >= 15 is 0 Å². The van der Waals surface area contributed by atoms with Crippen LogP contribution in [0.1, 0.15) is 45.9 Å². The number of carbonyl (C=O) groups excluding carboxylic acids is 7. The minimum atomic E-state index is -5.31. The van der Waals surface area contributed by atoms with E-state index in [1.54, 1.807) is 36.4 Å². The second-order valence-electron chi connectivity index (χ2n) is 22.1. The maximum Gasteiger partial charge on any atom is 0.430 e. The summed E-state index contributed by atoms with van der Waals surface area (Å²) >= 11 is 5.48. The number of carbonyl (C=O) groups is 7. The first-order chi connectivity index (χ1) is 48.2. The summed E-state index contributed by atoms with van der Waals surface area (Å²) in [6.07, 6.45) is -31.7. The van der Waals surface area contributed by atoms with Crippen LogP contribution in [-0.2, 0) is 73.6 Å². The van der Waals surface area contributed by atoms with Gasteiger partial charge in [-0.05, 0) is 54.4 Å². The maximum atomic E-state index is 12.7. The fraction of sp³-hybridized carbons (Fsp3) is 0.246. The summed E-state index contributed by atoms with van der Waals surface area (Å²) in [7, 11) is 1.20. The zero-order valence-corrected chi connectivity index (χ0v) is 54.2. The van der Waals surface area contributed by atoms with Gasteiger partial charge >= 0.3 is 37.1 Å². The van der Waals surface area contributed by atoms with Crippen LogP contribution >= 0.6 is 11.6 Å². The number of rotatable bonds is 11. The van der Waals surface area contributed by atoms with E-state index in [9.17, 15) is 153 Å². The van der Waals surface area contributed by atoms with Crippen LogP contribution in [0.15, 0.2) is 188 Å². The summed E-state index contributed by atoms with van der Waals surface area (Å²) in [4.78, 5) is 77.1. The predicted molar refractivity (Wildman–Crippen MR) is 332 cm³/mol. The van der Waals surface area contributed by atoms with E-state index in [4.69, 9.17) is 17.3 Å². The number of nitrogens with zero attached hydrogens (tertiary/aromatic N) is 1. The Bertz CT molecular complexity index is 4230. The lowest BCUT2D eigenvalue weighted by molar-refractivity contribution is -0.256. The topological polar surface area (TPSA) is 406 Å². The Morgan fingerprint density at radius 1 is 0.434 bits per heavy atom. The molecule has 0 aromatic heterocycles. The number of alkyl halides is 18. The van der Waals surface area contributed by atoms with Crippen LogP contribution in [0.25, 0.3) is 0 Å². The summed E-state index contributed by atoms with van der Waals surface area (Å²) in [6, 6.07) is 39.4. The van der Waals surface area contributed by atoms with Crippen molar-refractivity contribution in [3.63, 3.8) is 0 Å². The van der Waals surface area contributed by atoms with Crippen molar-refractivity contribution < 1.29 is 153 Å². The monoisotopic (exact) mass is 1560 g/mol. The average molecular weight is 1560 g/mol. The molecular formula is C65H57ClF19N7O14. The molecule has 7 unspecified atom stereocenters. The van der Waals surface area contributed by atoms with Crippen molar-refractivity contribution in [1.82, 2.24) is 0 Å². The van der Waals surface area contributed by atoms with Crippen LogP contribution in [0.2, 0.25) is 5.02 Å². The van der Waals surface area contributed by atoms with E-state index in [2.05, 4.69) is 22.9 Å². The van der Waals surface area contributed by atoms with Gasteiger partial charge in [0.25, 0.3) is 69.4 Å². The molecule has 106 heavy (non-hydrogen) atoms. The van der Waals surface area contributed by atoms with E-state index in [0.717, 1.165) is 71.6 Å². The van der Waals surface area contributed by atoms with Crippen LogP contribution in [0, 0.1) is 5.82 Å². The molecule has 0 aliphatic carbocycles. The van der Waals surface area contributed by atoms with Crippen LogP contribution < -0.4 is 38.9 Å². The minimum Gasteiger partial charge on any atom is -0.376 e. The first-order valence-corrected chi connectivity index (χ1v) is 29.0. The summed E-state index contributed by atoms with van der Waals surface area (Å²) in [5.41, 5.74) is -2.19. The molecule has 7 atom stereocenters. The number of para-hydroxylation sites is 2. The van der Waals surface area contributed by atoms with E-state index in [0.29, 0.717) is 11.6 Å². The van der Waals surface area contributed by atoms with Crippen molar-refractivity contribution in [1.29, 1.82) is 0 Å². The van der Waals surface area contributed by atoms with Gasteiger partial charge in [0.2, 0.25) is 5.60 Å². The van der Waals surface area contributed by atoms with Crippen molar-refractivity contribution in [2.24, 2.45) is 28.7 Å². The lowest BCUT2D eigenvalue weighted by Crippen LogP contribution is -2.56. The first-order valence-electron chi connectivity index (χ1n) is 28.6. The van der Waals surface area contributed by atoms with Gasteiger partial charge in [-0.2, -0.15) is 79.0 Å². The number of hydrogen-bond donors (Lipinski definition) is 13. The SMILES string of the molecule is CC(O)(C(N)=O)c1ccccc1.CN1C(=O)C(O)(C(F)(F)F)c2ccccc21.NC(=O)C(O)(Cc1ccccc1)C(F)(F)F.NC(=O)C(O)(c1ccc(Cl)cc1)C(F)(F)F.NC(=O)C(O)(c1cccc(F)c1)C(F)(F)F.NC(=O)C(O)(c1ccccc1)C(F)(F)F.O=C1Nc2ccccc2C1(O)C(F)(F)F. The van der Waals surface area contributed by atoms with Gasteiger partial charge in [0, 0.05) is 52.0 Å². The standard InChI is InChI=1S/C10H8F3NO2.C10H10F3NO2.C9H7ClF3NO2.C9H7F4NO2.C9H6F3NO2.C9H8F3NO2.C9H11NO2/c1-14-7-5-3-2-4-6(7)9(16,8(14)15)10(11,12)13;11-10(12,13)9(16,8(14)15)6-7-4-2-1-3-5-7;10-6-3-1-5(2-4-6)8(16,7(14)15)9(11,12)13;10-6-3-1-2-5(4-6)8(16,7(14)15)9(11,12)13;10-9(11,12)8(15)5-3-1-2-4-6(5)13-7(8)14;10-9(11,12)8(15,7(13)14)6-4-2-1-3-5-6;1-9(12,8(10)11)7-5-3-2-4-6-7/h2-5,16H,1H3;1-5,16H,6H2,(H2,14,15);2*1-4,16H,(H2,14,15);1-4,15H,(H,13,14);1-5,15H,(H2,13,14);2-6,12H,1H3,(H2,10,11). The van der Waals surface area contributed by atoms with Gasteiger partial charge in [-0.15, -0.1) is 0 Å². The summed E-state index contributed by atoms with van der Waals surface area (Å²) in [5, 5.41) is 67.9. The van der Waals surface area contributed by atoms with E-state index in [-0.39, 0.29) is 22.0 Å². The van der Waals surface area contributed by atoms with Gasteiger partial charge in [0.05, 0.1) is 5.69 Å². The maximum absolute atomic E-state index is 12.7. The number of fused-ring (bicyclic) bond motifs is 2. The summed E-state index contributed by atoms with van der Waals surface area (Å²) in [6.45, 7) is 1.38. The van der Waals surface area contributed by atoms with E-state index < -0.39 is 158 Å². The third-order valence-electron chi connectivity index (χ3n) is 15.0. The highest BCUT2D eigenvalue weighted by Crippen LogP contribution is 2.50. The first kappa shape index (κ1) is 89.7. The smallest absolute Gasteiger partial charge is 0.376 e. The van der Waals surface area contributed by atoms with Gasteiger partial charge in [0.15, 0.2) is 5.60 Å². The molecule has 0 saturated carbocycles. The van der Waals surface area contributed by atoms with Crippen LogP contribution in [0.5, 0.6) is 0 Å². The van der Waals surface area contributed by atoms with Crippen molar-refractivity contribution in [3.05, 3.63) is 238 Å². The molecule has 18 N–H and O–H groups in total. The Morgan fingerprint density at radius 3 is 1.17 bits per heavy atom. The van der Waals surface area contributed by atoms with E-state index in [1.807, 2.05) is 5.32 Å². The van der Waals surface area contributed by atoms with Crippen molar-refractivity contribution in [2.45, 2.75) is 89.6 Å². The quantitative estimate of drug-likeness (QED) is 0.0551. The molecule has 0 radical (unpaired) electrons. The highest BCUT2D eigenvalue weighted by atomic mass is 35.5. The summed E-state index contributed by atoms with van der Waals surface area (Å²) in [5.74, 6) is -12.1.